The maximum atomic E-state index is 10.7. The number of nitrogens with one attached hydrogen (secondary N) is 1. The number of thiazole rings is 1. The van der Waals surface area contributed by atoms with Crippen molar-refractivity contribution < 1.29 is 9.90 Å². The standard InChI is InChI=1S/C12H13N3O2S/c1-7-5-14-11(18-7)8(2)15-10-4-3-9(6-13-10)12(16)17/h3-6,8H,1-2H3,(H,13,15)(H,16,17). The van der Waals surface area contributed by atoms with E-state index in [-0.39, 0.29) is 11.6 Å². The summed E-state index contributed by atoms with van der Waals surface area (Å²) < 4.78 is 0. The van der Waals surface area contributed by atoms with E-state index < -0.39 is 5.97 Å². The zero-order valence-corrected chi connectivity index (χ0v) is 10.9. The van der Waals surface area contributed by atoms with E-state index in [0.29, 0.717) is 5.82 Å². The van der Waals surface area contributed by atoms with Crippen LogP contribution in [0.4, 0.5) is 5.82 Å². The largest absolute Gasteiger partial charge is 0.478 e. The van der Waals surface area contributed by atoms with Gasteiger partial charge in [-0.3, -0.25) is 0 Å². The topological polar surface area (TPSA) is 75.1 Å². The van der Waals surface area contributed by atoms with Gasteiger partial charge in [-0.25, -0.2) is 14.8 Å². The zero-order chi connectivity index (χ0) is 13.1. The summed E-state index contributed by atoms with van der Waals surface area (Å²) in [6.07, 6.45) is 3.17. The number of nitrogens with zero attached hydrogens (tertiary/aromatic N) is 2. The van der Waals surface area contributed by atoms with Crippen LogP contribution in [0.5, 0.6) is 0 Å². The fraction of sp³-hybridized carbons (Fsp3) is 0.250. The van der Waals surface area contributed by atoms with Crippen molar-refractivity contribution in [3.05, 3.63) is 40.0 Å². The Balaban J connectivity index is 2.07. The monoisotopic (exact) mass is 263 g/mol. The summed E-state index contributed by atoms with van der Waals surface area (Å²) >= 11 is 1.63. The second-order valence-corrected chi connectivity index (χ2v) is 5.18. The Bertz CT molecular complexity index is 551. The van der Waals surface area contributed by atoms with E-state index in [1.807, 2.05) is 20.0 Å². The maximum Gasteiger partial charge on any atom is 0.337 e. The van der Waals surface area contributed by atoms with Crippen LogP contribution in [0, 0.1) is 6.92 Å². The third kappa shape index (κ3) is 2.84. The molecule has 0 bridgehead atoms. The lowest BCUT2D eigenvalue weighted by Gasteiger charge is -2.11. The Morgan fingerprint density at radius 1 is 1.39 bits per heavy atom. The summed E-state index contributed by atoms with van der Waals surface area (Å²) in [6, 6.07) is 3.23. The molecule has 0 fully saturated rings. The highest BCUT2D eigenvalue weighted by molar-refractivity contribution is 7.11. The molecule has 18 heavy (non-hydrogen) atoms. The number of hydrogen-bond donors (Lipinski definition) is 2. The molecule has 0 radical (unpaired) electrons. The minimum Gasteiger partial charge on any atom is -0.478 e. The van der Waals surface area contributed by atoms with Gasteiger partial charge in [0, 0.05) is 17.3 Å². The second kappa shape index (κ2) is 5.14. The molecule has 0 spiro atoms. The molecule has 0 saturated heterocycles. The van der Waals surface area contributed by atoms with Gasteiger partial charge in [-0.1, -0.05) is 0 Å². The molecule has 2 aromatic heterocycles. The molecule has 2 heterocycles. The molecule has 5 nitrogen and oxygen atoms in total. The molecule has 0 saturated carbocycles. The Morgan fingerprint density at radius 3 is 2.67 bits per heavy atom. The van der Waals surface area contributed by atoms with Crippen LogP contribution in [-0.2, 0) is 0 Å². The van der Waals surface area contributed by atoms with Gasteiger partial charge in [0.15, 0.2) is 0 Å². The predicted octanol–water partition coefficient (Wildman–Crippen LogP) is 2.72. The number of anilines is 1. The van der Waals surface area contributed by atoms with Crippen molar-refractivity contribution in [2.75, 3.05) is 5.32 Å². The van der Waals surface area contributed by atoms with Crippen LogP contribution in [0.25, 0.3) is 0 Å². The zero-order valence-electron chi connectivity index (χ0n) is 10.0. The van der Waals surface area contributed by atoms with Crippen LogP contribution < -0.4 is 5.32 Å². The first-order chi connectivity index (χ1) is 8.56. The molecule has 0 amide bonds. The Kier molecular flexibility index (Phi) is 3.57. The first kappa shape index (κ1) is 12.5. The Labute approximate surface area is 109 Å². The minimum absolute atomic E-state index is 0.0480. The van der Waals surface area contributed by atoms with E-state index in [2.05, 4.69) is 15.3 Å². The van der Waals surface area contributed by atoms with Gasteiger partial charge in [0.2, 0.25) is 0 Å². The predicted molar refractivity (Wildman–Crippen MR) is 70.1 cm³/mol. The molecule has 2 N–H and O–H groups in total. The van der Waals surface area contributed by atoms with Crippen LogP contribution >= 0.6 is 11.3 Å². The number of carboxylic acids is 1. The van der Waals surface area contributed by atoms with Crippen molar-refractivity contribution in [2.45, 2.75) is 19.9 Å². The van der Waals surface area contributed by atoms with E-state index in [4.69, 9.17) is 5.11 Å². The van der Waals surface area contributed by atoms with E-state index in [0.717, 1.165) is 9.88 Å². The molecule has 94 valence electrons. The lowest BCUT2D eigenvalue weighted by Crippen LogP contribution is -2.08. The van der Waals surface area contributed by atoms with Gasteiger partial charge in [-0.2, -0.15) is 0 Å². The van der Waals surface area contributed by atoms with Gasteiger partial charge in [0.1, 0.15) is 10.8 Å². The molecule has 1 unspecified atom stereocenters. The molecular weight excluding hydrogens is 250 g/mol. The molecule has 0 aliphatic rings. The Morgan fingerprint density at radius 2 is 2.17 bits per heavy atom. The SMILES string of the molecule is Cc1cnc(C(C)Nc2ccc(C(=O)O)cn2)s1. The van der Waals surface area contributed by atoms with Crippen LogP contribution in [0.2, 0.25) is 0 Å². The first-order valence-electron chi connectivity index (χ1n) is 5.44. The number of hydrogen-bond acceptors (Lipinski definition) is 5. The molecule has 0 aromatic carbocycles. The van der Waals surface area contributed by atoms with Crippen molar-refractivity contribution in [1.82, 2.24) is 9.97 Å². The molecule has 1 atom stereocenters. The van der Waals surface area contributed by atoms with Crippen molar-refractivity contribution in [1.29, 1.82) is 0 Å². The van der Waals surface area contributed by atoms with Crippen LogP contribution in [0.15, 0.2) is 24.5 Å². The summed E-state index contributed by atoms with van der Waals surface area (Å²) in [6.45, 7) is 4.00. The molecule has 0 aliphatic carbocycles. The molecule has 6 heteroatoms. The minimum atomic E-state index is -0.974. The maximum absolute atomic E-state index is 10.7. The summed E-state index contributed by atoms with van der Waals surface area (Å²) in [5.74, 6) is -0.335. The number of aromatic nitrogens is 2. The fourth-order valence-electron chi connectivity index (χ4n) is 1.46. The summed E-state index contributed by atoms with van der Waals surface area (Å²) in [4.78, 5) is 20.2. The normalized spacial score (nSPS) is 12.1. The number of carboxylic acid groups (broad SMARTS) is 1. The summed E-state index contributed by atoms with van der Waals surface area (Å²) in [5, 5.41) is 12.9. The average molecular weight is 263 g/mol. The fourth-order valence-corrected chi connectivity index (χ4v) is 2.24. The van der Waals surface area contributed by atoms with Crippen molar-refractivity contribution in [3.8, 4) is 0 Å². The van der Waals surface area contributed by atoms with Gasteiger partial charge >= 0.3 is 5.97 Å². The number of carbonyl (C=O) groups is 1. The number of rotatable bonds is 4. The van der Waals surface area contributed by atoms with Gasteiger partial charge in [0.25, 0.3) is 0 Å². The quantitative estimate of drug-likeness (QED) is 0.887. The number of pyridine rings is 1. The third-order valence-corrected chi connectivity index (χ3v) is 3.48. The smallest absolute Gasteiger partial charge is 0.337 e. The van der Waals surface area contributed by atoms with Crippen molar-refractivity contribution >= 4 is 23.1 Å². The van der Waals surface area contributed by atoms with E-state index in [1.165, 1.54) is 12.3 Å². The second-order valence-electron chi connectivity index (χ2n) is 3.91. The number of aromatic carboxylic acids is 1. The Hall–Kier alpha value is -1.95. The first-order valence-corrected chi connectivity index (χ1v) is 6.26. The van der Waals surface area contributed by atoms with Crippen LogP contribution in [0.1, 0.15) is 33.2 Å². The van der Waals surface area contributed by atoms with Gasteiger partial charge in [0.05, 0.1) is 11.6 Å². The van der Waals surface area contributed by atoms with Crippen LogP contribution in [-0.4, -0.2) is 21.0 Å². The average Bonchev–Trinajstić information content (AvgIpc) is 2.76. The molecular formula is C12H13N3O2S. The van der Waals surface area contributed by atoms with Crippen molar-refractivity contribution in [2.24, 2.45) is 0 Å². The highest BCUT2D eigenvalue weighted by Gasteiger charge is 2.10. The van der Waals surface area contributed by atoms with Crippen LogP contribution in [0.3, 0.4) is 0 Å². The van der Waals surface area contributed by atoms with E-state index in [9.17, 15) is 4.79 Å². The lowest BCUT2D eigenvalue weighted by molar-refractivity contribution is 0.0696. The van der Waals surface area contributed by atoms with E-state index in [1.54, 1.807) is 17.4 Å². The molecule has 2 aromatic rings. The highest BCUT2D eigenvalue weighted by atomic mass is 32.1. The lowest BCUT2D eigenvalue weighted by atomic mass is 10.3. The van der Waals surface area contributed by atoms with Gasteiger partial charge in [-0.15, -0.1) is 11.3 Å². The summed E-state index contributed by atoms with van der Waals surface area (Å²) in [7, 11) is 0. The highest BCUT2D eigenvalue weighted by Crippen LogP contribution is 2.22. The summed E-state index contributed by atoms with van der Waals surface area (Å²) in [5.41, 5.74) is 0.179. The van der Waals surface area contributed by atoms with Gasteiger partial charge < -0.3 is 10.4 Å². The molecule has 0 aliphatic heterocycles. The van der Waals surface area contributed by atoms with E-state index >= 15 is 0 Å². The van der Waals surface area contributed by atoms with Crippen molar-refractivity contribution in [3.63, 3.8) is 0 Å². The third-order valence-electron chi connectivity index (χ3n) is 2.38. The number of aryl methyl sites for hydroxylation is 1. The van der Waals surface area contributed by atoms with Gasteiger partial charge in [-0.05, 0) is 26.0 Å². The molecule has 2 rings (SSSR count).